The fourth-order valence-corrected chi connectivity index (χ4v) is 3.73. The van der Waals surface area contributed by atoms with E-state index in [1.165, 1.54) is 83.5 Å². The number of allylic oxidation sites excluding steroid dienone is 2. The van der Waals surface area contributed by atoms with E-state index in [0.29, 0.717) is 6.61 Å². The molecule has 0 saturated heterocycles. The Kier molecular flexibility index (Phi) is 23.8. The lowest BCUT2D eigenvalue weighted by Crippen LogP contribution is -2.16. The Morgan fingerprint density at radius 2 is 1.00 bits per heavy atom. The van der Waals surface area contributed by atoms with Gasteiger partial charge in [0.15, 0.2) is 0 Å². The molecule has 2 nitrogen and oxygen atoms in total. The Bertz CT molecular complexity index is 367. The molecule has 177 valence electrons. The second-order valence-corrected chi connectivity index (χ2v) is 8.88. The van der Waals surface area contributed by atoms with Gasteiger partial charge in [0.05, 0.1) is 12.5 Å². The molecule has 0 aromatic carbocycles. The highest BCUT2D eigenvalue weighted by atomic mass is 16.5. The number of hydrogen-bond acceptors (Lipinski definition) is 2. The smallest absolute Gasteiger partial charge is 0.313 e. The number of carbonyl (C=O) groups is 1. The zero-order chi connectivity index (χ0) is 22.1. The molecule has 0 unspecified atom stereocenters. The molecule has 1 radical (unpaired) electrons. The van der Waals surface area contributed by atoms with Gasteiger partial charge in [-0.25, -0.2) is 0 Å². The second-order valence-electron chi connectivity index (χ2n) is 8.88. The van der Waals surface area contributed by atoms with Gasteiger partial charge in [0, 0.05) is 0 Å². The van der Waals surface area contributed by atoms with Crippen LogP contribution in [0, 0.1) is 5.92 Å². The zero-order valence-electron chi connectivity index (χ0n) is 20.8. The molecule has 0 aliphatic rings. The molecule has 0 spiro atoms. The topological polar surface area (TPSA) is 26.3 Å². The molecule has 0 fully saturated rings. The highest BCUT2D eigenvalue weighted by molar-refractivity contribution is 5.84. The molecule has 0 atom stereocenters. The largest absolute Gasteiger partial charge is 0.465 e. The van der Waals surface area contributed by atoms with Gasteiger partial charge in [-0.15, -0.1) is 0 Å². The summed E-state index contributed by atoms with van der Waals surface area (Å²) >= 11 is 0. The quantitative estimate of drug-likeness (QED) is 0.0932. The maximum Gasteiger partial charge on any atom is 0.313 e. The van der Waals surface area contributed by atoms with Gasteiger partial charge < -0.3 is 4.74 Å². The monoisotopic (exact) mass is 421 g/mol. The summed E-state index contributed by atoms with van der Waals surface area (Å²) in [5.41, 5.74) is 0. The van der Waals surface area contributed by atoms with Crippen LogP contribution >= 0.6 is 0 Å². The Morgan fingerprint density at radius 3 is 1.50 bits per heavy atom. The summed E-state index contributed by atoms with van der Waals surface area (Å²) in [5.74, 6) is 0.993. The van der Waals surface area contributed by atoms with Gasteiger partial charge in [-0.1, -0.05) is 116 Å². The van der Waals surface area contributed by atoms with Gasteiger partial charge in [0.25, 0.3) is 0 Å². The highest BCUT2D eigenvalue weighted by Crippen LogP contribution is 2.20. The molecule has 0 aromatic heterocycles. The van der Waals surface area contributed by atoms with Crippen molar-refractivity contribution in [1.82, 2.24) is 0 Å². The third-order valence-electron chi connectivity index (χ3n) is 5.84. The van der Waals surface area contributed by atoms with Gasteiger partial charge in [-0.3, -0.25) is 4.79 Å². The van der Waals surface area contributed by atoms with Crippen molar-refractivity contribution < 1.29 is 9.53 Å². The Morgan fingerprint density at radius 1 is 0.567 bits per heavy atom. The van der Waals surface area contributed by atoms with E-state index in [9.17, 15) is 4.79 Å². The molecule has 0 rings (SSSR count). The van der Waals surface area contributed by atoms with Crippen LogP contribution in [0.25, 0.3) is 0 Å². The fraction of sp³-hybridized carbons (Fsp3) is 0.857. The zero-order valence-corrected chi connectivity index (χ0v) is 20.8. The lowest BCUT2D eigenvalue weighted by atomic mass is 9.96. The average molecular weight is 422 g/mol. The summed E-state index contributed by atoms with van der Waals surface area (Å²) in [6.07, 6.45) is 29.3. The maximum atomic E-state index is 12.2. The van der Waals surface area contributed by atoms with Crippen molar-refractivity contribution in [1.29, 1.82) is 0 Å². The van der Waals surface area contributed by atoms with Crippen molar-refractivity contribution >= 4 is 5.97 Å². The molecule has 0 aliphatic carbocycles. The van der Waals surface area contributed by atoms with Gasteiger partial charge in [0.2, 0.25) is 0 Å². The third-order valence-corrected chi connectivity index (χ3v) is 5.84. The van der Waals surface area contributed by atoms with Crippen LogP contribution in [0.5, 0.6) is 0 Å². The summed E-state index contributed by atoms with van der Waals surface area (Å²) < 4.78 is 5.53. The van der Waals surface area contributed by atoms with E-state index >= 15 is 0 Å². The molecule has 0 aliphatic heterocycles. The molecule has 0 aromatic rings. The summed E-state index contributed by atoms with van der Waals surface area (Å²) in [4.78, 5) is 12.2. The fourth-order valence-electron chi connectivity index (χ4n) is 3.73. The first kappa shape index (κ1) is 29.2. The first-order chi connectivity index (χ1) is 14.8. The maximum absolute atomic E-state index is 12.2. The number of unbranched alkanes of at least 4 members (excludes halogenated alkanes) is 14. The lowest BCUT2D eigenvalue weighted by Gasteiger charge is -2.14. The van der Waals surface area contributed by atoms with Crippen molar-refractivity contribution in [3.63, 3.8) is 0 Å². The van der Waals surface area contributed by atoms with Crippen LogP contribution in [-0.2, 0) is 9.53 Å². The molecule has 0 bridgehead atoms. The molecule has 0 N–H and O–H groups in total. The predicted molar refractivity (Wildman–Crippen MR) is 133 cm³/mol. The lowest BCUT2D eigenvalue weighted by molar-refractivity contribution is -0.142. The Labute approximate surface area is 189 Å². The van der Waals surface area contributed by atoms with Gasteiger partial charge >= 0.3 is 5.97 Å². The molecule has 0 saturated carbocycles. The predicted octanol–water partition coefficient (Wildman–Crippen LogP) is 9.52. The van der Waals surface area contributed by atoms with E-state index in [4.69, 9.17) is 4.74 Å². The standard InChI is InChI=1S/C28H53O2/c1-4-7-10-11-12-13-14-15-16-17-18-19-20-21-22-23-26-30-28(29)27(24-8-5-2)25-9-6-3/h15-16H,4-14,17-26H2,1-3H3/b16-15-. The van der Waals surface area contributed by atoms with Crippen molar-refractivity contribution in [2.75, 3.05) is 6.61 Å². The first-order valence-corrected chi connectivity index (χ1v) is 13.4. The molecule has 30 heavy (non-hydrogen) atoms. The van der Waals surface area contributed by atoms with E-state index in [1.54, 1.807) is 0 Å². The minimum Gasteiger partial charge on any atom is -0.465 e. The first-order valence-electron chi connectivity index (χ1n) is 13.4. The minimum absolute atomic E-state index is 0.0235. The summed E-state index contributed by atoms with van der Waals surface area (Å²) in [7, 11) is 0. The van der Waals surface area contributed by atoms with E-state index in [1.807, 2.05) is 0 Å². The van der Waals surface area contributed by atoms with Gasteiger partial charge in [-0.2, -0.15) is 0 Å². The SMILES string of the molecule is CCCCCCCC/C=C\CCCCCCCCOC(=O)[C](CCCC)CCCC. The Hall–Kier alpha value is -0.790. The normalized spacial score (nSPS) is 11.6. The number of carbonyl (C=O) groups excluding carboxylic acids is 1. The summed E-state index contributed by atoms with van der Waals surface area (Å²) in [6, 6.07) is 0. The van der Waals surface area contributed by atoms with E-state index in [2.05, 4.69) is 32.9 Å². The van der Waals surface area contributed by atoms with E-state index in [0.717, 1.165) is 50.9 Å². The number of ether oxygens (including phenoxy) is 1. The minimum atomic E-state index is -0.0235. The molecule has 0 amide bonds. The van der Waals surface area contributed by atoms with Crippen LogP contribution in [0.1, 0.15) is 149 Å². The van der Waals surface area contributed by atoms with E-state index < -0.39 is 0 Å². The van der Waals surface area contributed by atoms with Gasteiger partial charge in [-0.05, 0) is 44.9 Å². The van der Waals surface area contributed by atoms with Crippen LogP contribution in [0.2, 0.25) is 0 Å². The summed E-state index contributed by atoms with van der Waals surface area (Å²) in [5, 5.41) is 0. The van der Waals surface area contributed by atoms with Crippen LogP contribution < -0.4 is 0 Å². The molecule has 2 heteroatoms. The Balaban J connectivity index is 3.45. The van der Waals surface area contributed by atoms with Crippen LogP contribution in [0.4, 0.5) is 0 Å². The van der Waals surface area contributed by atoms with E-state index in [-0.39, 0.29) is 5.97 Å². The second kappa shape index (κ2) is 24.5. The molecule has 0 heterocycles. The van der Waals surface area contributed by atoms with Crippen molar-refractivity contribution in [2.24, 2.45) is 0 Å². The number of rotatable bonds is 23. The highest BCUT2D eigenvalue weighted by Gasteiger charge is 2.19. The van der Waals surface area contributed by atoms with Crippen molar-refractivity contribution in [3.8, 4) is 0 Å². The number of esters is 1. The molecular formula is C28H53O2. The van der Waals surface area contributed by atoms with Gasteiger partial charge in [0.1, 0.15) is 0 Å². The number of hydrogen-bond donors (Lipinski definition) is 0. The van der Waals surface area contributed by atoms with Crippen molar-refractivity contribution in [2.45, 2.75) is 149 Å². The third kappa shape index (κ3) is 20.5. The van der Waals surface area contributed by atoms with Crippen LogP contribution in [-0.4, -0.2) is 12.6 Å². The molecular weight excluding hydrogens is 368 g/mol. The average Bonchev–Trinajstić information content (AvgIpc) is 2.75. The van der Waals surface area contributed by atoms with Crippen molar-refractivity contribution in [3.05, 3.63) is 18.1 Å². The summed E-state index contributed by atoms with van der Waals surface area (Å²) in [6.45, 7) is 7.23. The van der Waals surface area contributed by atoms with Crippen LogP contribution in [0.3, 0.4) is 0 Å². The van der Waals surface area contributed by atoms with Crippen LogP contribution in [0.15, 0.2) is 12.2 Å².